The Balaban J connectivity index is 2.52. The summed E-state index contributed by atoms with van der Waals surface area (Å²) in [4.78, 5) is 11.0. The number of hydrogen-bond donors (Lipinski definition) is 2. The van der Waals surface area contributed by atoms with Gasteiger partial charge in [0.1, 0.15) is 24.1 Å². The molecular weight excluding hydrogens is 234 g/mol. The Bertz CT molecular complexity index is 375. The van der Waals surface area contributed by atoms with Crippen molar-refractivity contribution in [3.63, 3.8) is 0 Å². The molecule has 0 fully saturated rings. The summed E-state index contributed by atoms with van der Waals surface area (Å²) < 4.78 is 10.5. The van der Waals surface area contributed by atoms with E-state index in [1.165, 1.54) is 0 Å². The van der Waals surface area contributed by atoms with Gasteiger partial charge < -0.3 is 14.6 Å². The molecule has 100 valence electrons. The molecule has 0 saturated carbocycles. The summed E-state index contributed by atoms with van der Waals surface area (Å²) >= 11 is 0. The lowest BCUT2D eigenvalue weighted by Gasteiger charge is -2.17. The maximum absolute atomic E-state index is 11.0. The molecule has 0 aliphatic carbocycles. The van der Waals surface area contributed by atoms with Gasteiger partial charge in [-0.25, -0.2) is 0 Å². The lowest BCUT2D eigenvalue weighted by molar-refractivity contribution is -0.140. The van der Waals surface area contributed by atoms with E-state index in [2.05, 4.69) is 5.32 Å². The average molecular weight is 253 g/mol. The van der Waals surface area contributed by atoms with E-state index < -0.39 is 12.0 Å². The molecular formula is C13H19NO4. The molecule has 0 spiro atoms. The van der Waals surface area contributed by atoms with Gasteiger partial charge in [0.05, 0.1) is 7.11 Å². The van der Waals surface area contributed by atoms with E-state index >= 15 is 0 Å². The van der Waals surface area contributed by atoms with Gasteiger partial charge in [0.2, 0.25) is 0 Å². The summed E-state index contributed by atoms with van der Waals surface area (Å²) in [6.45, 7) is 3.87. The number of rotatable bonds is 7. The van der Waals surface area contributed by atoms with E-state index in [0.717, 1.165) is 5.75 Å². The zero-order valence-corrected chi connectivity index (χ0v) is 10.8. The average Bonchev–Trinajstić information content (AvgIpc) is 2.34. The number of benzene rings is 1. The monoisotopic (exact) mass is 253 g/mol. The summed E-state index contributed by atoms with van der Waals surface area (Å²) in [6, 6.07) is 6.39. The molecule has 1 aromatic carbocycles. The number of methoxy groups -OCH3 is 1. The van der Waals surface area contributed by atoms with Gasteiger partial charge >= 0.3 is 5.97 Å². The number of carboxylic acid groups (broad SMARTS) is 1. The molecule has 0 aliphatic rings. The summed E-state index contributed by atoms with van der Waals surface area (Å²) in [7, 11) is 1.59. The van der Waals surface area contributed by atoms with E-state index in [1.807, 2.05) is 13.8 Å². The third-order valence-corrected chi connectivity index (χ3v) is 2.31. The summed E-state index contributed by atoms with van der Waals surface area (Å²) in [5.41, 5.74) is 0. The van der Waals surface area contributed by atoms with Crippen molar-refractivity contribution in [3.8, 4) is 11.5 Å². The van der Waals surface area contributed by atoms with Crippen LogP contribution in [0.4, 0.5) is 0 Å². The Morgan fingerprint density at radius 3 is 2.28 bits per heavy atom. The molecule has 5 heteroatoms. The van der Waals surface area contributed by atoms with Crippen molar-refractivity contribution >= 4 is 5.97 Å². The standard InChI is InChI=1S/C13H19NO4/c1-9(2)14-12(13(15)16)8-18-11-6-4-10(17-3)5-7-11/h4-7,9,12,14H,8H2,1-3H3,(H,15,16). The van der Waals surface area contributed by atoms with Crippen molar-refractivity contribution < 1.29 is 19.4 Å². The van der Waals surface area contributed by atoms with Crippen molar-refractivity contribution in [2.24, 2.45) is 0 Å². The molecule has 1 rings (SSSR count). The highest BCUT2D eigenvalue weighted by Gasteiger charge is 2.18. The zero-order valence-electron chi connectivity index (χ0n) is 10.8. The first-order valence-electron chi connectivity index (χ1n) is 5.78. The molecule has 2 N–H and O–H groups in total. The van der Waals surface area contributed by atoms with Crippen LogP contribution in [0.15, 0.2) is 24.3 Å². The van der Waals surface area contributed by atoms with E-state index in [1.54, 1.807) is 31.4 Å². The number of hydrogen-bond acceptors (Lipinski definition) is 4. The Kier molecular flexibility index (Phi) is 5.45. The van der Waals surface area contributed by atoms with Gasteiger partial charge in [-0.15, -0.1) is 0 Å². The van der Waals surface area contributed by atoms with Crippen LogP contribution in [0.3, 0.4) is 0 Å². The van der Waals surface area contributed by atoms with E-state index in [9.17, 15) is 4.79 Å². The van der Waals surface area contributed by atoms with Crippen LogP contribution in [-0.4, -0.2) is 36.9 Å². The molecule has 0 aliphatic heterocycles. The third-order valence-electron chi connectivity index (χ3n) is 2.31. The highest BCUT2D eigenvalue weighted by atomic mass is 16.5. The first-order chi connectivity index (χ1) is 8.52. The van der Waals surface area contributed by atoms with E-state index in [4.69, 9.17) is 14.6 Å². The summed E-state index contributed by atoms with van der Waals surface area (Å²) in [5, 5.41) is 11.9. The summed E-state index contributed by atoms with van der Waals surface area (Å²) in [6.07, 6.45) is 0. The van der Waals surface area contributed by atoms with Gasteiger partial charge in [-0.1, -0.05) is 13.8 Å². The van der Waals surface area contributed by atoms with E-state index in [-0.39, 0.29) is 12.6 Å². The van der Waals surface area contributed by atoms with Gasteiger partial charge in [0.15, 0.2) is 0 Å². The highest BCUT2D eigenvalue weighted by molar-refractivity contribution is 5.73. The first-order valence-corrected chi connectivity index (χ1v) is 5.78. The Labute approximate surface area is 107 Å². The lowest BCUT2D eigenvalue weighted by atomic mass is 10.2. The lowest BCUT2D eigenvalue weighted by Crippen LogP contribution is -2.44. The maximum Gasteiger partial charge on any atom is 0.324 e. The van der Waals surface area contributed by atoms with Gasteiger partial charge in [-0.05, 0) is 24.3 Å². The highest BCUT2D eigenvalue weighted by Crippen LogP contribution is 2.17. The molecule has 5 nitrogen and oxygen atoms in total. The minimum absolute atomic E-state index is 0.0832. The predicted octanol–water partition coefficient (Wildman–Crippen LogP) is 1.53. The minimum atomic E-state index is -0.919. The number of ether oxygens (including phenoxy) is 2. The Morgan fingerprint density at radius 2 is 1.83 bits per heavy atom. The van der Waals surface area contributed by atoms with Crippen molar-refractivity contribution in [3.05, 3.63) is 24.3 Å². The Hall–Kier alpha value is -1.75. The van der Waals surface area contributed by atoms with Crippen LogP contribution in [0.1, 0.15) is 13.8 Å². The molecule has 1 atom stereocenters. The van der Waals surface area contributed by atoms with E-state index in [0.29, 0.717) is 5.75 Å². The van der Waals surface area contributed by atoms with Crippen molar-refractivity contribution in [2.45, 2.75) is 25.9 Å². The number of carbonyl (C=O) groups is 1. The predicted molar refractivity (Wildman–Crippen MR) is 68.2 cm³/mol. The molecule has 1 aromatic rings. The first kappa shape index (κ1) is 14.3. The smallest absolute Gasteiger partial charge is 0.324 e. The summed E-state index contributed by atoms with van der Waals surface area (Å²) in [5.74, 6) is 0.433. The van der Waals surface area contributed by atoms with Crippen molar-refractivity contribution in [1.82, 2.24) is 5.32 Å². The van der Waals surface area contributed by atoms with Crippen molar-refractivity contribution in [2.75, 3.05) is 13.7 Å². The fourth-order valence-electron chi connectivity index (χ4n) is 1.44. The fraction of sp³-hybridized carbons (Fsp3) is 0.462. The Morgan fingerprint density at radius 1 is 1.28 bits per heavy atom. The fourth-order valence-corrected chi connectivity index (χ4v) is 1.44. The van der Waals surface area contributed by atoms with Crippen LogP contribution in [-0.2, 0) is 4.79 Å². The molecule has 0 saturated heterocycles. The second-order valence-electron chi connectivity index (χ2n) is 4.20. The zero-order chi connectivity index (χ0) is 13.5. The molecule has 1 unspecified atom stereocenters. The molecule has 0 amide bonds. The quantitative estimate of drug-likeness (QED) is 0.771. The molecule has 0 heterocycles. The van der Waals surface area contributed by atoms with Crippen LogP contribution in [0.2, 0.25) is 0 Å². The third kappa shape index (κ3) is 4.63. The number of carboxylic acids is 1. The molecule has 0 aromatic heterocycles. The van der Waals surface area contributed by atoms with Gasteiger partial charge in [-0.2, -0.15) is 0 Å². The molecule has 18 heavy (non-hydrogen) atoms. The van der Waals surface area contributed by atoms with Crippen LogP contribution in [0.5, 0.6) is 11.5 Å². The normalized spacial score (nSPS) is 12.2. The van der Waals surface area contributed by atoms with Crippen LogP contribution < -0.4 is 14.8 Å². The van der Waals surface area contributed by atoms with Crippen molar-refractivity contribution in [1.29, 1.82) is 0 Å². The maximum atomic E-state index is 11.0. The van der Waals surface area contributed by atoms with Crippen LogP contribution in [0, 0.1) is 0 Å². The van der Waals surface area contributed by atoms with Gasteiger partial charge in [-0.3, -0.25) is 10.1 Å². The molecule has 0 bridgehead atoms. The van der Waals surface area contributed by atoms with Gasteiger partial charge in [0.25, 0.3) is 0 Å². The molecule has 0 radical (unpaired) electrons. The largest absolute Gasteiger partial charge is 0.497 e. The second-order valence-corrected chi connectivity index (χ2v) is 4.20. The topological polar surface area (TPSA) is 67.8 Å². The van der Waals surface area contributed by atoms with Gasteiger partial charge in [0, 0.05) is 6.04 Å². The minimum Gasteiger partial charge on any atom is -0.497 e. The van der Waals surface area contributed by atoms with Crippen LogP contribution >= 0.6 is 0 Å². The van der Waals surface area contributed by atoms with Crippen LogP contribution in [0.25, 0.3) is 0 Å². The second kappa shape index (κ2) is 6.86. The SMILES string of the molecule is COc1ccc(OCC(NC(C)C)C(=O)O)cc1. The number of nitrogens with one attached hydrogen (secondary N) is 1. The number of aliphatic carboxylic acids is 1.